The Morgan fingerprint density at radius 3 is 1.34 bits per heavy atom. The number of hydrogen-bond acceptors (Lipinski definition) is 10. The van der Waals surface area contributed by atoms with Crippen LogP contribution in [0.5, 0.6) is 23.0 Å². The zero-order valence-electron chi connectivity index (χ0n) is 25.7. The maximum Gasteiger partial charge on any atom is 0.343 e. The summed E-state index contributed by atoms with van der Waals surface area (Å²) >= 11 is 0. The zero-order chi connectivity index (χ0) is 33.4. The van der Waals surface area contributed by atoms with E-state index in [9.17, 15) is 19.2 Å². The number of para-hydroxylation sites is 2. The molecular weight excluding hydrogens is 604 g/mol. The van der Waals surface area contributed by atoms with Gasteiger partial charge in [0.15, 0.2) is 0 Å². The van der Waals surface area contributed by atoms with E-state index in [0.29, 0.717) is 33.8 Å². The average molecular weight is 637 g/mol. The van der Waals surface area contributed by atoms with E-state index in [-0.39, 0.29) is 30.8 Å². The van der Waals surface area contributed by atoms with E-state index in [2.05, 4.69) is 21.1 Å². The average Bonchev–Trinajstić information content (AvgIpc) is 3.09. The lowest BCUT2D eigenvalue weighted by Crippen LogP contribution is -2.20. The van der Waals surface area contributed by atoms with Crippen LogP contribution in [0.2, 0.25) is 0 Å². The first-order valence-corrected chi connectivity index (χ1v) is 14.4. The summed E-state index contributed by atoms with van der Waals surface area (Å²) in [7, 11) is 3.07. The third-order valence-corrected chi connectivity index (χ3v) is 6.49. The molecule has 2 amide bonds. The Hall–Kier alpha value is -6.30. The van der Waals surface area contributed by atoms with Gasteiger partial charge < -0.3 is 18.9 Å². The van der Waals surface area contributed by atoms with Crippen molar-refractivity contribution in [1.82, 2.24) is 10.9 Å². The second-order valence-electron chi connectivity index (χ2n) is 9.75. The number of nitrogens with one attached hydrogen (secondary N) is 2. The zero-order valence-corrected chi connectivity index (χ0v) is 25.7. The SMILES string of the molecule is COc1ccc(C(=O)Oc2ccccc2C=NNC(=O)CCCC(=O)NN=Cc2ccccc2OC(=O)c2ccc(OC)cc2)cc1. The Kier molecular flexibility index (Phi) is 12.3. The maximum atomic E-state index is 12.5. The van der Waals surface area contributed by atoms with Crippen molar-refractivity contribution in [1.29, 1.82) is 0 Å². The number of nitrogens with zero attached hydrogens (tertiary/aromatic N) is 2. The Labute approximate surface area is 271 Å². The molecule has 0 unspecified atom stereocenters. The van der Waals surface area contributed by atoms with Crippen molar-refractivity contribution in [3.8, 4) is 23.0 Å². The van der Waals surface area contributed by atoms with Crippen molar-refractivity contribution in [2.45, 2.75) is 19.3 Å². The van der Waals surface area contributed by atoms with Crippen molar-refractivity contribution < 1.29 is 38.1 Å². The molecule has 240 valence electrons. The summed E-state index contributed by atoms with van der Waals surface area (Å²) in [6.45, 7) is 0. The first-order chi connectivity index (χ1) is 22.9. The Bertz CT molecular complexity index is 1620. The monoisotopic (exact) mass is 636 g/mol. The standard InChI is InChI=1S/C35H32N4O8/c1-44-28-18-14-24(15-19-28)34(42)46-30-10-5-3-8-26(30)22-36-38-32(40)12-7-13-33(41)39-37-23-27-9-4-6-11-31(27)47-35(43)25-16-20-29(45-2)21-17-25/h3-6,8-11,14-23H,7,12-13H2,1-2H3,(H,38,40)(H,39,41). The predicted octanol–water partition coefficient (Wildman–Crippen LogP) is 4.91. The van der Waals surface area contributed by atoms with E-state index in [0.717, 1.165) is 0 Å². The van der Waals surface area contributed by atoms with Crippen LogP contribution in [0.4, 0.5) is 0 Å². The molecule has 0 aliphatic rings. The summed E-state index contributed by atoms with van der Waals surface area (Å²) in [6.07, 6.45) is 3.04. The maximum absolute atomic E-state index is 12.5. The van der Waals surface area contributed by atoms with Gasteiger partial charge in [-0.15, -0.1) is 0 Å². The summed E-state index contributed by atoms with van der Waals surface area (Å²) < 4.78 is 21.2. The topological polar surface area (TPSA) is 154 Å². The molecule has 0 aromatic heterocycles. The van der Waals surface area contributed by atoms with E-state index in [1.165, 1.54) is 26.6 Å². The third-order valence-electron chi connectivity index (χ3n) is 6.49. The van der Waals surface area contributed by atoms with E-state index in [1.54, 1.807) is 97.1 Å². The molecule has 4 aromatic carbocycles. The Morgan fingerprint density at radius 1 is 0.574 bits per heavy atom. The highest BCUT2D eigenvalue weighted by Crippen LogP contribution is 2.20. The summed E-state index contributed by atoms with van der Waals surface area (Å²) in [5, 5.41) is 7.89. The molecule has 0 bridgehead atoms. The van der Waals surface area contributed by atoms with Crippen molar-refractivity contribution >= 4 is 36.2 Å². The molecule has 0 radical (unpaired) electrons. The number of carbonyl (C=O) groups is 4. The fraction of sp³-hybridized carbons (Fsp3) is 0.143. The van der Waals surface area contributed by atoms with Crippen molar-refractivity contribution in [2.24, 2.45) is 10.2 Å². The van der Waals surface area contributed by atoms with Gasteiger partial charge in [-0.05, 0) is 79.2 Å². The summed E-state index contributed by atoms with van der Waals surface area (Å²) in [4.78, 5) is 49.6. The molecule has 4 aromatic rings. The molecule has 0 fully saturated rings. The Balaban J connectivity index is 1.20. The molecule has 12 nitrogen and oxygen atoms in total. The lowest BCUT2D eigenvalue weighted by atomic mass is 10.2. The van der Waals surface area contributed by atoms with Gasteiger partial charge in [0.25, 0.3) is 0 Å². The Morgan fingerprint density at radius 2 is 0.957 bits per heavy atom. The van der Waals surface area contributed by atoms with Crippen LogP contribution >= 0.6 is 0 Å². The minimum atomic E-state index is -0.558. The normalized spacial score (nSPS) is 10.8. The highest BCUT2D eigenvalue weighted by molar-refractivity contribution is 5.94. The number of rotatable bonds is 14. The third kappa shape index (κ3) is 10.4. The van der Waals surface area contributed by atoms with E-state index >= 15 is 0 Å². The van der Waals surface area contributed by atoms with Crippen molar-refractivity contribution in [3.63, 3.8) is 0 Å². The fourth-order valence-electron chi connectivity index (χ4n) is 4.00. The van der Waals surface area contributed by atoms with E-state index in [1.807, 2.05) is 0 Å². The van der Waals surface area contributed by atoms with Gasteiger partial charge in [0.05, 0.1) is 37.8 Å². The first-order valence-electron chi connectivity index (χ1n) is 14.4. The quantitative estimate of drug-likeness (QED) is 0.0857. The molecule has 47 heavy (non-hydrogen) atoms. The number of benzene rings is 4. The molecular formula is C35H32N4O8. The second-order valence-corrected chi connectivity index (χ2v) is 9.75. The molecule has 0 saturated heterocycles. The second kappa shape index (κ2) is 17.3. The number of carbonyl (C=O) groups excluding carboxylic acids is 4. The molecule has 2 N–H and O–H groups in total. The molecule has 0 aliphatic heterocycles. The predicted molar refractivity (Wildman–Crippen MR) is 174 cm³/mol. The van der Waals surface area contributed by atoms with Crippen LogP contribution in [0.25, 0.3) is 0 Å². The van der Waals surface area contributed by atoms with Gasteiger partial charge in [0.1, 0.15) is 23.0 Å². The van der Waals surface area contributed by atoms with Crippen LogP contribution in [0, 0.1) is 0 Å². The summed E-state index contributed by atoms with van der Waals surface area (Å²) in [6, 6.07) is 26.5. The van der Waals surface area contributed by atoms with E-state index in [4.69, 9.17) is 18.9 Å². The molecule has 0 aliphatic carbocycles. The van der Waals surface area contributed by atoms with Gasteiger partial charge in [-0.2, -0.15) is 10.2 Å². The highest BCUT2D eigenvalue weighted by atomic mass is 16.5. The van der Waals surface area contributed by atoms with Gasteiger partial charge >= 0.3 is 11.9 Å². The molecule has 4 rings (SSSR count). The van der Waals surface area contributed by atoms with Crippen molar-refractivity contribution in [2.75, 3.05) is 14.2 Å². The number of ether oxygens (including phenoxy) is 4. The summed E-state index contributed by atoms with van der Waals surface area (Å²) in [5.41, 5.74) is 6.44. The molecule has 0 saturated carbocycles. The first kappa shape index (κ1) is 33.6. The number of methoxy groups -OCH3 is 2. The van der Waals surface area contributed by atoms with Gasteiger partial charge in [-0.25, -0.2) is 20.4 Å². The van der Waals surface area contributed by atoms with Crippen LogP contribution in [0.1, 0.15) is 51.1 Å². The number of hydrogen-bond donors (Lipinski definition) is 2. The smallest absolute Gasteiger partial charge is 0.343 e. The van der Waals surface area contributed by atoms with Gasteiger partial charge in [0.2, 0.25) is 11.8 Å². The lowest BCUT2D eigenvalue weighted by Gasteiger charge is -2.08. The summed E-state index contributed by atoms with van der Waals surface area (Å²) in [5.74, 6) is -0.166. The largest absolute Gasteiger partial charge is 0.497 e. The minimum Gasteiger partial charge on any atom is -0.497 e. The van der Waals surface area contributed by atoms with Crippen LogP contribution in [0.15, 0.2) is 107 Å². The fourth-order valence-corrected chi connectivity index (χ4v) is 4.00. The number of amides is 2. The van der Waals surface area contributed by atoms with E-state index < -0.39 is 23.8 Å². The van der Waals surface area contributed by atoms with Crippen LogP contribution in [0.3, 0.4) is 0 Å². The minimum absolute atomic E-state index is 0.0344. The van der Waals surface area contributed by atoms with Crippen LogP contribution in [-0.4, -0.2) is 50.4 Å². The van der Waals surface area contributed by atoms with Crippen LogP contribution in [-0.2, 0) is 9.59 Å². The molecule has 0 heterocycles. The molecule has 12 heteroatoms. The van der Waals surface area contributed by atoms with Gasteiger partial charge in [0, 0.05) is 24.0 Å². The number of esters is 2. The lowest BCUT2D eigenvalue weighted by molar-refractivity contribution is -0.122. The molecule has 0 atom stereocenters. The highest BCUT2D eigenvalue weighted by Gasteiger charge is 2.13. The van der Waals surface area contributed by atoms with Crippen LogP contribution < -0.4 is 29.8 Å². The number of hydrazone groups is 2. The van der Waals surface area contributed by atoms with Crippen molar-refractivity contribution in [3.05, 3.63) is 119 Å². The van der Waals surface area contributed by atoms with Gasteiger partial charge in [-0.3, -0.25) is 9.59 Å². The molecule has 0 spiro atoms. The van der Waals surface area contributed by atoms with Gasteiger partial charge in [-0.1, -0.05) is 24.3 Å².